The molecular formula is C4H8O3S. The monoisotopic (exact) mass is 136 g/mol. The predicted molar refractivity (Wildman–Crippen MR) is 29.3 cm³/mol. The van der Waals surface area contributed by atoms with Crippen LogP contribution in [0.3, 0.4) is 0 Å². The number of ether oxygens (including phenoxy) is 1. The van der Waals surface area contributed by atoms with Crippen LogP contribution in [0.15, 0.2) is 0 Å². The van der Waals surface area contributed by atoms with Crippen LogP contribution in [0.4, 0.5) is 0 Å². The SMILES string of the molecule is O=[SH](=O)C1CCCO1. The van der Waals surface area contributed by atoms with Crippen LogP contribution in [0.25, 0.3) is 0 Å². The maximum Gasteiger partial charge on any atom is 0.167 e. The van der Waals surface area contributed by atoms with Crippen molar-refractivity contribution in [3.63, 3.8) is 0 Å². The molecule has 0 aromatic heterocycles. The van der Waals surface area contributed by atoms with Crippen molar-refractivity contribution in [3.8, 4) is 0 Å². The lowest BCUT2D eigenvalue weighted by Gasteiger charge is -1.94. The summed E-state index contributed by atoms with van der Waals surface area (Å²) in [6.07, 6.45) is 1.56. The molecule has 0 spiro atoms. The minimum absolute atomic E-state index is 0.481. The van der Waals surface area contributed by atoms with Gasteiger partial charge >= 0.3 is 0 Å². The molecule has 48 valence electrons. The Kier molecular flexibility index (Phi) is 1.85. The van der Waals surface area contributed by atoms with E-state index in [1.165, 1.54) is 0 Å². The topological polar surface area (TPSA) is 43.4 Å². The van der Waals surface area contributed by atoms with Crippen molar-refractivity contribution in [3.05, 3.63) is 0 Å². The predicted octanol–water partition coefficient (Wildman–Crippen LogP) is -0.266. The van der Waals surface area contributed by atoms with Gasteiger partial charge in [-0.25, -0.2) is 8.42 Å². The van der Waals surface area contributed by atoms with Crippen LogP contribution in [-0.4, -0.2) is 20.5 Å². The second-order valence-corrected chi connectivity index (χ2v) is 2.90. The van der Waals surface area contributed by atoms with E-state index in [1.54, 1.807) is 0 Å². The fourth-order valence-electron chi connectivity index (χ4n) is 0.727. The zero-order valence-electron chi connectivity index (χ0n) is 4.37. The van der Waals surface area contributed by atoms with Gasteiger partial charge in [-0.2, -0.15) is 0 Å². The molecule has 1 atom stereocenters. The van der Waals surface area contributed by atoms with Crippen LogP contribution >= 0.6 is 0 Å². The minimum atomic E-state index is -2.32. The normalized spacial score (nSPS) is 29.4. The van der Waals surface area contributed by atoms with Crippen molar-refractivity contribution in [2.75, 3.05) is 6.61 Å². The fraction of sp³-hybridized carbons (Fsp3) is 1.00. The Hall–Kier alpha value is -0.0900. The summed E-state index contributed by atoms with van der Waals surface area (Å²) in [4.78, 5) is 0. The lowest BCUT2D eigenvalue weighted by Crippen LogP contribution is -2.05. The van der Waals surface area contributed by atoms with Crippen molar-refractivity contribution in [2.24, 2.45) is 0 Å². The largest absolute Gasteiger partial charge is 0.363 e. The molecule has 0 aromatic rings. The first-order valence-electron chi connectivity index (χ1n) is 2.56. The third-order valence-corrected chi connectivity index (χ3v) is 2.02. The molecule has 1 aliphatic rings. The molecule has 0 radical (unpaired) electrons. The van der Waals surface area contributed by atoms with Gasteiger partial charge < -0.3 is 4.74 Å². The van der Waals surface area contributed by atoms with E-state index in [4.69, 9.17) is 4.74 Å². The molecule has 1 fully saturated rings. The first-order chi connectivity index (χ1) is 3.80. The van der Waals surface area contributed by atoms with E-state index in [0.29, 0.717) is 13.0 Å². The third kappa shape index (κ3) is 1.20. The van der Waals surface area contributed by atoms with Gasteiger partial charge in [-0.05, 0) is 12.8 Å². The van der Waals surface area contributed by atoms with E-state index in [-0.39, 0.29) is 0 Å². The first kappa shape index (κ1) is 6.04. The zero-order chi connectivity index (χ0) is 5.98. The Morgan fingerprint density at radius 1 is 1.50 bits per heavy atom. The summed E-state index contributed by atoms with van der Waals surface area (Å²) >= 11 is 0. The van der Waals surface area contributed by atoms with Gasteiger partial charge in [0.2, 0.25) is 0 Å². The van der Waals surface area contributed by atoms with Gasteiger partial charge in [-0.3, -0.25) is 0 Å². The van der Waals surface area contributed by atoms with Crippen LogP contribution in [0.2, 0.25) is 0 Å². The molecule has 1 saturated heterocycles. The lowest BCUT2D eigenvalue weighted by molar-refractivity contribution is 0.168. The van der Waals surface area contributed by atoms with Gasteiger partial charge in [0.15, 0.2) is 16.1 Å². The van der Waals surface area contributed by atoms with Gasteiger partial charge in [-0.1, -0.05) is 0 Å². The molecule has 1 unspecified atom stereocenters. The highest BCUT2D eigenvalue weighted by Gasteiger charge is 2.16. The highest BCUT2D eigenvalue weighted by Crippen LogP contribution is 2.11. The molecular weight excluding hydrogens is 128 g/mol. The molecule has 0 bridgehead atoms. The summed E-state index contributed by atoms with van der Waals surface area (Å²) in [6.45, 7) is 0.605. The van der Waals surface area contributed by atoms with Gasteiger partial charge in [-0.15, -0.1) is 0 Å². The van der Waals surface area contributed by atoms with Crippen molar-refractivity contribution in [1.29, 1.82) is 0 Å². The van der Waals surface area contributed by atoms with Gasteiger partial charge in [0.1, 0.15) is 0 Å². The molecule has 1 aliphatic heterocycles. The Morgan fingerprint density at radius 3 is 2.50 bits per heavy atom. The van der Waals surface area contributed by atoms with Crippen molar-refractivity contribution >= 4 is 10.7 Å². The summed E-state index contributed by atoms with van der Waals surface area (Å²) in [7, 11) is -2.32. The molecule has 0 N–H and O–H groups in total. The quantitative estimate of drug-likeness (QED) is 0.505. The van der Waals surface area contributed by atoms with Crippen LogP contribution < -0.4 is 0 Å². The molecule has 3 nitrogen and oxygen atoms in total. The number of hydrogen-bond acceptors (Lipinski definition) is 3. The first-order valence-corrected chi connectivity index (χ1v) is 3.80. The average molecular weight is 136 g/mol. The molecule has 8 heavy (non-hydrogen) atoms. The van der Waals surface area contributed by atoms with Crippen LogP contribution in [-0.2, 0) is 15.4 Å². The molecule has 0 aromatic carbocycles. The van der Waals surface area contributed by atoms with Crippen LogP contribution in [0, 0.1) is 0 Å². The average Bonchev–Trinajstić information content (AvgIpc) is 2.12. The summed E-state index contributed by atoms with van der Waals surface area (Å²) in [5, 5.41) is 0. The minimum Gasteiger partial charge on any atom is -0.363 e. The Morgan fingerprint density at radius 2 is 2.25 bits per heavy atom. The van der Waals surface area contributed by atoms with Crippen molar-refractivity contribution < 1.29 is 13.2 Å². The summed E-state index contributed by atoms with van der Waals surface area (Å²) in [6, 6.07) is 0. The number of thiol groups is 1. The lowest BCUT2D eigenvalue weighted by atomic mass is 10.4. The second-order valence-electron chi connectivity index (χ2n) is 1.75. The van der Waals surface area contributed by atoms with E-state index in [2.05, 4.69) is 0 Å². The zero-order valence-corrected chi connectivity index (χ0v) is 5.27. The second kappa shape index (κ2) is 2.46. The van der Waals surface area contributed by atoms with Crippen LogP contribution in [0.1, 0.15) is 12.8 Å². The van der Waals surface area contributed by atoms with E-state index in [9.17, 15) is 8.42 Å². The Labute approximate surface area is 49.6 Å². The molecule has 1 rings (SSSR count). The van der Waals surface area contributed by atoms with Gasteiger partial charge in [0, 0.05) is 6.61 Å². The van der Waals surface area contributed by atoms with Crippen LogP contribution in [0.5, 0.6) is 0 Å². The highest BCUT2D eigenvalue weighted by atomic mass is 32.2. The summed E-state index contributed by atoms with van der Waals surface area (Å²) in [5.41, 5.74) is -0.481. The number of hydrogen-bond donors (Lipinski definition) is 1. The van der Waals surface area contributed by atoms with Gasteiger partial charge in [0.05, 0.1) is 0 Å². The summed E-state index contributed by atoms with van der Waals surface area (Å²) < 4.78 is 25.0. The Balaban J connectivity index is 2.47. The molecule has 0 saturated carbocycles. The van der Waals surface area contributed by atoms with Gasteiger partial charge in [0.25, 0.3) is 0 Å². The number of rotatable bonds is 1. The maximum absolute atomic E-state index is 10.1. The molecule has 4 heteroatoms. The van der Waals surface area contributed by atoms with E-state index in [1.807, 2.05) is 0 Å². The van der Waals surface area contributed by atoms with Crippen molar-refractivity contribution in [2.45, 2.75) is 18.3 Å². The van der Waals surface area contributed by atoms with E-state index in [0.717, 1.165) is 6.42 Å². The Bertz CT molecular complexity index is 126. The fourth-order valence-corrected chi connectivity index (χ4v) is 1.35. The summed E-state index contributed by atoms with van der Waals surface area (Å²) in [5.74, 6) is 0. The molecule has 1 heterocycles. The molecule has 0 aliphatic carbocycles. The third-order valence-electron chi connectivity index (χ3n) is 1.14. The molecule has 0 amide bonds. The van der Waals surface area contributed by atoms with Crippen molar-refractivity contribution in [1.82, 2.24) is 0 Å². The highest BCUT2D eigenvalue weighted by molar-refractivity contribution is 7.72. The maximum atomic E-state index is 10.1. The standard InChI is InChI=1S/C4H8O3S/c5-8(6)4-2-1-3-7-4/h4,8H,1-3H2. The smallest absolute Gasteiger partial charge is 0.167 e. The van der Waals surface area contributed by atoms with E-state index >= 15 is 0 Å². The van der Waals surface area contributed by atoms with E-state index < -0.39 is 16.1 Å².